The van der Waals surface area contributed by atoms with Crippen molar-refractivity contribution in [1.82, 2.24) is 0 Å². The molecule has 0 saturated heterocycles. The first kappa shape index (κ1) is 49.0. The minimum absolute atomic E-state index is 0.129. The van der Waals surface area contributed by atoms with Crippen LogP contribution in [0.2, 0.25) is 0 Å². The van der Waals surface area contributed by atoms with E-state index in [1.54, 1.807) is 0 Å². The molecule has 0 amide bonds. The number of rotatable bonds is 7. The van der Waals surface area contributed by atoms with Gasteiger partial charge in [-0.3, -0.25) is 14.8 Å². The maximum atomic E-state index is 13.5. The van der Waals surface area contributed by atoms with E-state index in [1.807, 2.05) is 30.6 Å². The Morgan fingerprint density at radius 3 is 1.52 bits per heavy atom. The summed E-state index contributed by atoms with van der Waals surface area (Å²) in [6.45, 7) is 1.56. The quantitative estimate of drug-likeness (QED) is 0.118. The highest BCUT2D eigenvalue weighted by molar-refractivity contribution is 6.15. The molecule has 0 spiro atoms. The number of fused-ring (bicyclic) bond motifs is 6. The van der Waals surface area contributed by atoms with Gasteiger partial charge in [0.1, 0.15) is 23.6 Å². The molecule has 11 aromatic rings. The summed E-state index contributed by atoms with van der Waals surface area (Å²) in [5, 5.41) is 6.22. The molecule has 0 bridgehead atoms. The van der Waals surface area contributed by atoms with Crippen LogP contribution in [0.1, 0.15) is 58.8 Å². The van der Waals surface area contributed by atoms with Gasteiger partial charge in [0, 0.05) is 47.2 Å². The van der Waals surface area contributed by atoms with Crippen LogP contribution in [0.4, 0.5) is 0 Å². The standard InChI is InChI=1S/C73H56N2O4/c1-48(76)78-65-42-43-77-72-57(44-55-32-16-20-36-61(55)68(72)66-59-34-18-14-26-51(59)38-40-63(66)49-22-6-2-7-23-49)46-74-70(53-28-10-4-11-29-53)71(54-30-12-5-13-31-54)75-47-58-45-56-33-17-21-37-62(56)69(73(58)79-65)67-60-35-19-15-27-52(60)39-41-64(67)50-24-8-3-9-25-50/h2-25,27-33,35-41,44-47,65,70-71H,26,34,42-43H2,1H3/t65?,70-,71?/m0/s1. The third-order valence-electron chi connectivity index (χ3n) is 15.4. The first-order valence-electron chi connectivity index (χ1n) is 27.2. The van der Waals surface area contributed by atoms with Crippen molar-refractivity contribution in [2.75, 3.05) is 6.61 Å². The van der Waals surface area contributed by atoms with Crippen LogP contribution in [-0.4, -0.2) is 31.3 Å². The van der Waals surface area contributed by atoms with E-state index in [-0.39, 0.29) is 13.0 Å². The molecule has 382 valence electrons. The van der Waals surface area contributed by atoms with Crippen LogP contribution in [0.3, 0.4) is 0 Å². The summed E-state index contributed by atoms with van der Waals surface area (Å²) in [6.07, 6.45) is 9.19. The van der Waals surface area contributed by atoms with Crippen LogP contribution in [0.25, 0.3) is 76.8 Å². The van der Waals surface area contributed by atoms with Gasteiger partial charge >= 0.3 is 5.97 Å². The maximum Gasteiger partial charge on any atom is 0.305 e. The molecule has 2 unspecified atom stereocenters. The van der Waals surface area contributed by atoms with Crippen molar-refractivity contribution in [3.05, 3.63) is 276 Å². The molecule has 0 fully saturated rings. The Labute approximate surface area is 460 Å². The first-order valence-corrected chi connectivity index (χ1v) is 27.2. The lowest BCUT2D eigenvalue weighted by Crippen LogP contribution is -2.26. The Morgan fingerprint density at radius 1 is 0.468 bits per heavy atom. The number of esters is 1. The monoisotopic (exact) mass is 1020 g/mol. The maximum absolute atomic E-state index is 13.5. The number of ether oxygens (including phenoxy) is 3. The van der Waals surface area contributed by atoms with Gasteiger partial charge in [-0.05, 0) is 107 Å². The average Bonchev–Trinajstić information content (AvgIpc) is 3.62. The topological polar surface area (TPSA) is 69.5 Å². The second kappa shape index (κ2) is 21.8. The molecule has 6 nitrogen and oxygen atoms in total. The fourth-order valence-electron chi connectivity index (χ4n) is 11.8. The summed E-state index contributed by atoms with van der Waals surface area (Å²) in [4.78, 5) is 24.9. The van der Waals surface area contributed by atoms with E-state index in [2.05, 4.69) is 224 Å². The summed E-state index contributed by atoms with van der Waals surface area (Å²) < 4.78 is 21.1. The van der Waals surface area contributed by atoms with Crippen molar-refractivity contribution in [3.8, 4) is 56.0 Å². The number of hydrogen-bond acceptors (Lipinski definition) is 6. The molecule has 1 heterocycles. The molecule has 11 aromatic carbocycles. The summed E-state index contributed by atoms with van der Waals surface area (Å²) in [5.41, 5.74) is 14.4. The van der Waals surface area contributed by atoms with E-state index in [0.717, 1.165) is 112 Å². The second-order valence-corrected chi connectivity index (χ2v) is 20.3. The third-order valence-corrected chi connectivity index (χ3v) is 15.4. The van der Waals surface area contributed by atoms with Gasteiger partial charge < -0.3 is 14.2 Å². The van der Waals surface area contributed by atoms with Crippen LogP contribution < -0.4 is 9.47 Å². The number of hydrogen-bond donors (Lipinski definition) is 0. The highest BCUT2D eigenvalue weighted by Crippen LogP contribution is 2.50. The summed E-state index contributed by atoms with van der Waals surface area (Å²) in [6, 6.07) is 79.7. The molecule has 1 aliphatic heterocycles. The summed E-state index contributed by atoms with van der Waals surface area (Å²) in [5.74, 6) is 0.745. The number of benzene rings is 11. The molecule has 1 aliphatic carbocycles. The normalized spacial score (nSPS) is 16.2. The van der Waals surface area contributed by atoms with Crippen molar-refractivity contribution in [2.24, 2.45) is 9.98 Å². The molecular formula is C73H56N2O4. The lowest BCUT2D eigenvalue weighted by molar-refractivity contribution is -0.162. The van der Waals surface area contributed by atoms with Gasteiger partial charge in [-0.25, -0.2) is 0 Å². The molecule has 0 N–H and O–H groups in total. The highest BCUT2D eigenvalue weighted by atomic mass is 16.7. The predicted molar refractivity (Wildman–Crippen MR) is 324 cm³/mol. The number of carbonyl (C=O) groups is 1. The largest absolute Gasteiger partial charge is 0.492 e. The van der Waals surface area contributed by atoms with Gasteiger partial charge in [-0.15, -0.1) is 0 Å². The van der Waals surface area contributed by atoms with Gasteiger partial charge in [0.15, 0.2) is 0 Å². The molecule has 0 aromatic heterocycles. The van der Waals surface area contributed by atoms with E-state index in [1.165, 1.54) is 18.1 Å². The van der Waals surface area contributed by atoms with Crippen molar-refractivity contribution in [1.29, 1.82) is 0 Å². The minimum Gasteiger partial charge on any atom is -0.492 e. The molecule has 2 aliphatic rings. The highest BCUT2D eigenvalue weighted by Gasteiger charge is 2.30. The molecule has 6 heteroatoms. The van der Waals surface area contributed by atoms with Gasteiger partial charge in [0.25, 0.3) is 0 Å². The number of carbonyl (C=O) groups excluding carboxylic acids is 1. The molecular weight excluding hydrogens is 969 g/mol. The van der Waals surface area contributed by atoms with Crippen LogP contribution in [0.5, 0.6) is 11.5 Å². The van der Waals surface area contributed by atoms with Crippen molar-refractivity contribution >= 4 is 50.7 Å². The van der Waals surface area contributed by atoms with Crippen LogP contribution in [0.15, 0.2) is 253 Å². The lowest BCUT2D eigenvalue weighted by atomic mass is 9.81. The van der Waals surface area contributed by atoms with Crippen LogP contribution in [-0.2, 0) is 22.4 Å². The SMILES string of the molecule is CC(=O)OC1CCOc2c(cc3ccccc3c2-c2c(-c3ccccc3)ccc3c2CC=CC3)C=N[C@@H](c2ccccc2)C(c2ccccc2)N=Cc2cc3ccccc3c(-c3c(-c4ccccc4)ccc4ccccc34)c2O1. The number of aliphatic imine (C=N–C) groups is 2. The third kappa shape index (κ3) is 9.68. The van der Waals surface area contributed by atoms with E-state index in [0.29, 0.717) is 11.5 Å². The van der Waals surface area contributed by atoms with E-state index in [4.69, 9.17) is 24.2 Å². The van der Waals surface area contributed by atoms with Crippen LogP contribution in [0, 0.1) is 0 Å². The van der Waals surface area contributed by atoms with Crippen molar-refractivity contribution in [2.45, 2.75) is 44.6 Å². The Kier molecular flexibility index (Phi) is 13.5. The summed E-state index contributed by atoms with van der Waals surface area (Å²) >= 11 is 0. The number of nitrogens with zero attached hydrogens (tertiary/aromatic N) is 2. The van der Waals surface area contributed by atoms with Gasteiger partial charge in [-0.1, -0.05) is 231 Å². The lowest BCUT2D eigenvalue weighted by Gasteiger charge is -2.26. The van der Waals surface area contributed by atoms with Gasteiger partial charge in [-0.2, -0.15) is 0 Å². The molecule has 0 saturated carbocycles. The molecule has 3 atom stereocenters. The number of allylic oxidation sites excluding steroid dienone is 2. The Morgan fingerprint density at radius 2 is 0.937 bits per heavy atom. The van der Waals surface area contributed by atoms with E-state index >= 15 is 0 Å². The van der Waals surface area contributed by atoms with E-state index < -0.39 is 24.3 Å². The van der Waals surface area contributed by atoms with Crippen LogP contribution >= 0.6 is 0 Å². The fraction of sp³-hybridized carbons (Fsp3) is 0.110. The van der Waals surface area contributed by atoms with Gasteiger partial charge in [0.2, 0.25) is 6.29 Å². The molecule has 0 radical (unpaired) electrons. The predicted octanol–water partition coefficient (Wildman–Crippen LogP) is 17.5. The Bertz CT molecular complexity index is 4150. The van der Waals surface area contributed by atoms with Crippen molar-refractivity contribution in [3.63, 3.8) is 0 Å². The average molecular weight is 1030 g/mol. The Balaban J connectivity index is 1.10. The van der Waals surface area contributed by atoms with Gasteiger partial charge in [0.05, 0.1) is 13.0 Å². The molecule has 13 rings (SSSR count). The van der Waals surface area contributed by atoms with Crippen molar-refractivity contribution < 1.29 is 19.0 Å². The fourth-order valence-corrected chi connectivity index (χ4v) is 11.8. The minimum atomic E-state index is -1.08. The Hall–Kier alpha value is -9.65. The second-order valence-electron chi connectivity index (χ2n) is 20.3. The summed E-state index contributed by atoms with van der Waals surface area (Å²) in [7, 11) is 0. The van der Waals surface area contributed by atoms with E-state index in [9.17, 15) is 4.79 Å². The zero-order chi connectivity index (χ0) is 53.1. The zero-order valence-corrected chi connectivity index (χ0v) is 43.8. The first-order chi connectivity index (χ1) is 39.0. The smallest absolute Gasteiger partial charge is 0.305 e. The zero-order valence-electron chi connectivity index (χ0n) is 43.8. The molecule has 79 heavy (non-hydrogen) atoms.